The molecule has 0 aromatic rings. The van der Waals surface area contributed by atoms with Gasteiger partial charge in [-0.3, -0.25) is 4.79 Å². The minimum Gasteiger partial charge on any atom is -0.444 e. The number of hydrogen-bond donors (Lipinski definition) is 2. The molecule has 5 heteroatoms. The number of nitrogens with one attached hydrogen (secondary N) is 2. The van der Waals surface area contributed by atoms with E-state index in [1.807, 2.05) is 13.8 Å². The van der Waals surface area contributed by atoms with Crippen molar-refractivity contribution < 1.29 is 14.3 Å². The Bertz CT molecular complexity index is 342. The molecule has 1 aliphatic carbocycles. The topological polar surface area (TPSA) is 67.4 Å². The van der Waals surface area contributed by atoms with Crippen LogP contribution in [-0.4, -0.2) is 29.7 Å². The third-order valence-corrected chi connectivity index (χ3v) is 3.32. The Labute approximate surface area is 121 Å². The van der Waals surface area contributed by atoms with Gasteiger partial charge >= 0.3 is 6.09 Å². The van der Waals surface area contributed by atoms with Crippen molar-refractivity contribution in [1.82, 2.24) is 10.6 Å². The number of rotatable bonds is 4. The first-order valence-corrected chi connectivity index (χ1v) is 7.49. The van der Waals surface area contributed by atoms with Gasteiger partial charge in [0.05, 0.1) is 0 Å². The van der Waals surface area contributed by atoms with Gasteiger partial charge in [0.25, 0.3) is 0 Å². The van der Waals surface area contributed by atoms with Crippen molar-refractivity contribution in [2.24, 2.45) is 5.92 Å². The van der Waals surface area contributed by atoms with Crippen LogP contribution in [0.3, 0.4) is 0 Å². The van der Waals surface area contributed by atoms with Crippen molar-refractivity contribution in [2.75, 3.05) is 0 Å². The van der Waals surface area contributed by atoms with Crippen LogP contribution in [0.25, 0.3) is 0 Å². The quantitative estimate of drug-likeness (QED) is 0.834. The molecule has 0 aromatic carbocycles. The maximum Gasteiger partial charge on any atom is 0.408 e. The predicted octanol–water partition coefficient (Wildman–Crippen LogP) is 2.59. The molecule has 0 spiro atoms. The fourth-order valence-corrected chi connectivity index (χ4v) is 2.33. The minimum absolute atomic E-state index is 0.0175. The monoisotopic (exact) mass is 284 g/mol. The summed E-state index contributed by atoms with van der Waals surface area (Å²) in [5, 5.41) is 5.69. The van der Waals surface area contributed by atoms with Crippen molar-refractivity contribution in [2.45, 2.75) is 78.0 Å². The van der Waals surface area contributed by atoms with Crippen LogP contribution in [0.5, 0.6) is 0 Å². The molecule has 1 rings (SSSR count). The number of hydrogen-bond acceptors (Lipinski definition) is 3. The molecule has 116 valence electrons. The van der Waals surface area contributed by atoms with Gasteiger partial charge in [-0.15, -0.1) is 0 Å². The van der Waals surface area contributed by atoms with Crippen LogP contribution in [0.15, 0.2) is 0 Å². The van der Waals surface area contributed by atoms with Crippen LogP contribution in [0, 0.1) is 5.92 Å². The molecule has 1 fully saturated rings. The zero-order chi connectivity index (χ0) is 15.3. The van der Waals surface area contributed by atoms with Gasteiger partial charge in [-0.05, 0) is 39.5 Å². The molecule has 20 heavy (non-hydrogen) atoms. The molecule has 1 aliphatic rings. The van der Waals surface area contributed by atoms with Gasteiger partial charge in [0.2, 0.25) is 5.91 Å². The van der Waals surface area contributed by atoms with E-state index in [1.54, 1.807) is 20.8 Å². The highest BCUT2D eigenvalue weighted by Crippen LogP contribution is 2.18. The van der Waals surface area contributed by atoms with Crippen LogP contribution in [0.1, 0.15) is 60.3 Å². The maximum absolute atomic E-state index is 12.3. The Balaban J connectivity index is 2.54. The third-order valence-electron chi connectivity index (χ3n) is 3.32. The van der Waals surface area contributed by atoms with Crippen molar-refractivity contribution in [3.63, 3.8) is 0 Å². The van der Waals surface area contributed by atoms with Crippen molar-refractivity contribution >= 4 is 12.0 Å². The lowest BCUT2D eigenvalue weighted by Gasteiger charge is -2.26. The predicted molar refractivity (Wildman–Crippen MR) is 78.4 cm³/mol. The van der Waals surface area contributed by atoms with Crippen LogP contribution < -0.4 is 10.6 Å². The van der Waals surface area contributed by atoms with E-state index < -0.39 is 17.7 Å². The summed E-state index contributed by atoms with van der Waals surface area (Å²) in [5.74, 6) is -0.0957. The van der Waals surface area contributed by atoms with E-state index in [4.69, 9.17) is 4.74 Å². The zero-order valence-electron chi connectivity index (χ0n) is 13.3. The van der Waals surface area contributed by atoms with E-state index in [1.165, 1.54) is 0 Å². The van der Waals surface area contributed by atoms with Crippen molar-refractivity contribution in [3.05, 3.63) is 0 Å². The van der Waals surface area contributed by atoms with Gasteiger partial charge in [0.15, 0.2) is 0 Å². The average Bonchev–Trinajstić information content (AvgIpc) is 2.75. The summed E-state index contributed by atoms with van der Waals surface area (Å²) in [5.41, 5.74) is -0.562. The molecule has 2 N–H and O–H groups in total. The number of carbonyl (C=O) groups is 2. The van der Waals surface area contributed by atoms with Gasteiger partial charge in [-0.1, -0.05) is 26.7 Å². The highest BCUT2D eigenvalue weighted by molar-refractivity contribution is 5.86. The number of ether oxygens (including phenoxy) is 1. The lowest BCUT2D eigenvalue weighted by Crippen LogP contribution is -2.52. The van der Waals surface area contributed by atoms with E-state index >= 15 is 0 Å². The van der Waals surface area contributed by atoms with Gasteiger partial charge in [0, 0.05) is 6.04 Å². The summed E-state index contributed by atoms with van der Waals surface area (Å²) in [6.45, 7) is 9.23. The molecule has 2 amide bonds. The van der Waals surface area contributed by atoms with Crippen LogP contribution in [0.2, 0.25) is 0 Å². The van der Waals surface area contributed by atoms with E-state index in [0.717, 1.165) is 25.7 Å². The minimum atomic E-state index is -0.562. The lowest BCUT2D eigenvalue weighted by atomic mass is 10.0. The molecular formula is C15H28N2O3. The molecule has 0 radical (unpaired) electrons. The fraction of sp³-hybridized carbons (Fsp3) is 0.867. The molecule has 0 saturated heterocycles. The summed E-state index contributed by atoms with van der Waals surface area (Å²) in [6.07, 6.45) is 3.84. The standard InChI is InChI=1S/C15H28N2O3/c1-10(2)12(17-14(19)20-15(3,4)5)13(18)16-11-8-6-7-9-11/h10-12H,6-9H2,1-5H3,(H,16,18)(H,17,19)/t12-/m0/s1. The van der Waals surface area contributed by atoms with Gasteiger partial charge in [-0.25, -0.2) is 4.79 Å². The Morgan fingerprint density at radius 2 is 1.70 bits per heavy atom. The SMILES string of the molecule is CC(C)[C@H](NC(=O)OC(C)(C)C)C(=O)NC1CCCC1. The Morgan fingerprint density at radius 1 is 1.15 bits per heavy atom. The second-order valence-electron chi connectivity index (χ2n) is 6.86. The summed E-state index contributed by atoms with van der Waals surface area (Å²) < 4.78 is 5.21. The second-order valence-corrected chi connectivity index (χ2v) is 6.86. The lowest BCUT2D eigenvalue weighted by molar-refractivity contribution is -0.124. The molecule has 1 saturated carbocycles. The maximum atomic E-state index is 12.3. The first kappa shape index (κ1) is 16.8. The Morgan fingerprint density at radius 3 is 2.15 bits per heavy atom. The van der Waals surface area contributed by atoms with Gasteiger partial charge in [0.1, 0.15) is 11.6 Å². The van der Waals surface area contributed by atoms with E-state index in [-0.39, 0.29) is 17.9 Å². The molecular weight excluding hydrogens is 256 g/mol. The highest BCUT2D eigenvalue weighted by atomic mass is 16.6. The molecule has 0 aliphatic heterocycles. The molecule has 5 nitrogen and oxygen atoms in total. The van der Waals surface area contributed by atoms with Gasteiger partial charge < -0.3 is 15.4 Å². The first-order chi connectivity index (χ1) is 9.19. The average molecular weight is 284 g/mol. The van der Waals surface area contributed by atoms with Crippen LogP contribution in [-0.2, 0) is 9.53 Å². The molecule has 0 bridgehead atoms. The number of alkyl carbamates (subject to hydrolysis) is 1. The fourth-order valence-electron chi connectivity index (χ4n) is 2.33. The molecule has 0 aromatic heterocycles. The first-order valence-electron chi connectivity index (χ1n) is 7.49. The second kappa shape index (κ2) is 6.95. The summed E-state index contributed by atoms with van der Waals surface area (Å²) >= 11 is 0. The normalized spacial score (nSPS) is 17.9. The van der Waals surface area contributed by atoms with Crippen molar-refractivity contribution in [3.8, 4) is 0 Å². The van der Waals surface area contributed by atoms with Crippen LogP contribution in [0.4, 0.5) is 4.79 Å². The molecule has 0 unspecified atom stereocenters. The summed E-state index contributed by atoms with van der Waals surface area (Å²) in [6, 6.07) is -0.297. The van der Waals surface area contributed by atoms with E-state index in [2.05, 4.69) is 10.6 Å². The number of amides is 2. The summed E-state index contributed by atoms with van der Waals surface area (Å²) in [4.78, 5) is 24.1. The number of carbonyl (C=O) groups excluding carboxylic acids is 2. The largest absolute Gasteiger partial charge is 0.444 e. The Kier molecular flexibility index (Phi) is 5.84. The van der Waals surface area contributed by atoms with Crippen molar-refractivity contribution in [1.29, 1.82) is 0 Å². The zero-order valence-corrected chi connectivity index (χ0v) is 13.3. The van der Waals surface area contributed by atoms with E-state index in [9.17, 15) is 9.59 Å². The van der Waals surface area contributed by atoms with Crippen LogP contribution >= 0.6 is 0 Å². The molecule has 0 heterocycles. The van der Waals surface area contributed by atoms with E-state index in [0.29, 0.717) is 0 Å². The third kappa shape index (κ3) is 5.80. The smallest absolute Gasteiger partial charge is 0.408 e. The Hall–Kier alpha value is -1.26. The summed E-state index contributed by atoms with van der Waals surface area (Å²) in [7, 11) is 0. The van der Waals surface area contributed by atoms with Gasteiger partial charge in [-0.2, -0.15) is 0 Å². The molecule has 1 atom stereocenters. The highest BCUT2D eigenvalue weighted by Gasteiger charge is 2.28.